The fourth-order valence-corrected chi connectivity index (χ4v) is 2.61. The summed E-state index contributed by atoms with van der Waals surface area (Å²) >= 11 is 5.98. The van der Waals surface area contributed by atoms with Crippen LogP contribution in [0.3, 0.4) is 0 Å². The van der Waals surface area contributed by atoms with Gasteiger partial charge >= 0.3 is 0 Å². The molecule has 3 aromatic heterocycles. The molecule has 3 rings (SSSR count). The van der Waals surface area contributed by atoms with Gasteiger partial charge in [0.1, 0.15) is 17.3 Å². The monoisotopic (exact) mass is 417 g/mol. The SMILES string of the molecule is COc1ncc(Cl)cc1Nc1ncc(C(N)=O)c(N[C@@H](C)c2ccc(F)cn2)n1. The van der Waals surface area contributed by atoms with Crippen LogP contribution in [0.15, 0.2) is 36.8 Å². The van der Waals surface area contributed by atoms with Crippen LogP contribution < -0.4 is 21.1 Å². The largest absolute Gasteiger partial charge is 0.480 e. The van der Waals surface area contributed by atoms with Gasteiger partial charge in [0.15, 0.2) is 0 Å². The maximum atomic E-state index is 13.1. The second-order valence-electron chi connectivity index (χ2n) is 5.92. The number of nitrogens with one attached hydrogen (secondary N) is 2. The molecular weight excluding hydrogens is 401 g/mol. The Morgan fingerprint density at radius 2 is 2.03 bits per heavy atom. The Labute approximate surface area is 170 Å². The van der Waals surface area contributed by atoms with Crippen molar-refractivity contribution in [2.24, 2.45) is 5.73 Å². The number of nitrogens with two attached hydrogens (primary N) is 1. The number of rotatable bonds is 7. The van der Waals surface area contributed by atoms with Gasteiger partial charge in [-0.05, 0) is 25.1 Å². The van der Waals surface area contributed by atoms with Crippen LogP contribution in [0.1, 0.15) is 29.0 Å². The summed E-state index contributed by atoms with van der Waals surface area (Å²) in [7, 11) is 1.46. The van der Waals surface area contributed by atoms with Crippen LogP contribution in [-0.2, 0) is 0 Å². The van der Waals surface area contributed by atoms with E-state index < -0.39 is 11.7 Å². The van der Waals surface area contributed by atoms with E-state index in [2.05, 4.69) is 30.6 Å². The van der Waals surface area contributed by atoms with Crippen LogP contribution >= 0.6 is 11.6 Å². The van der Waals surface area contributed by atoms with Crippen molar-refractivity contribution in [3.05, 3.63) is 58.9 Å². The Hall–Kier alpha value is -3.53. The summed E-state index contributed by atoms with van der Waals surface area (Å²) in [4.78, 5) is 28.3. The van der Waals surface area contributed by atoms with E-state index in [1.54, 1.807) is 13.0 Å². The minimum Gasteiger partial charge on any atom is -0.480 e. The van der Waals surface area contributed by atoms with E-state index in [4.69, 9.17) is 22.1 Å². The zero-order valence-corrected chi connectivity index (χ0v) is 16.2. The lowest BCUT2D eigenvalue weighted by molar-refractivity contribution is 0.100. The fraction of sp³-hybridized carbons (Fsp3) is 0.167. The first-order valence-corrected chi connectivity index (χ1v) is 8.76. The molecule has 11 heteroatoms. The Kier molecular flexibility index (Phi) is 6.03. The summed E-state index contributed by atoms with van der Waals surface area (Å²) in [6.07, 6.45) is 3.83. The number of aromatic nitrogens is 4. The molecule has 0 aromatic carbocycles. The van der Waals surface area contributed by atoms with Gasteiger partial charge < -0.3 is 21.1 Å². The fourth-order valence-electron chi connectivity index (χ4n) is 2.45. The zero-order chi connectivity index (χ0) is 21.0. The van der Waals surface area contributed by atoms with Crippen molar-refractivity contribution in [1.29, 1.82) is 0 Å². The molecule has 0 saturated heterocycles. The van der Waals surface area contributed by atoms with Crippen molar-refractivity contribution in [1.82, 2.24) is 19.9 Å². The van der Waals surface area contributed by atoms with Gasteiger partial charge in [-0.25, -0.2) is 14.4 Å². The molecule has 0 aliphatic heterocycles. The molecule has 0 radical (unpaired) electrons. The molecule has 29 heavy (non-hydrogen) atoms. The van der Waals surface area contributed by atoms with Crippen LogP contribution in [0.25, 0.3) is 0 Å². The van der Waals surface area contributed by atoms with Crippen molar-refractivity contribution in [3.63, 3.8) is 0 Å². The van der Waals surface area contributed by atoms with E-state index in [1.807, 2.05) is 0 Å². The van der Waals surface area contributed by atoms with E-state index in [1.165, 1.54) is 31.6 Å². The molecule has 0 saturated carbocycles. The van der Waals surface area contributed by atoms with Gasteiger partial charge in [-0.15, -0.1) is 0 Å². The number of carbonyl (C=O) groups is 1. The molecule has 0 spiro atoms. The van der Waals surface area contributed by atoms with Gasteiger partial charge in [-0.2, -0.15) is 4.98 Å². The quantitative estimate of drug-likeness (QED) is 0.535. The third kappa shape index (κ3) is 4.85. The molecular formula is C18H17ClFN7O2. The highest BCUT2D eigenvalue weighted by Crippen LogP contribution is 2.28. The van der Waals surface area contributed by atoms with Gasteiger partial charge in [-0.3, -0.25) is 9.78 Å². The molecule has 0 bridgehead atoms. The Balaban J connectivity index is 1.91. The molecule has 3 aromatic rings. The van der Waals surface area contributed by atoms with Gasteiger partial charge in [0, 0.05) is 12.4 Å². The van der Waals surface area contributed by atoms with Crippen molar-refractivity contribution in [3.8, 4) is 5.88 Å². The number of ether oxygens (including phenoxy) is 1. The summed E-state index contributed by atoms with van der Waals surface area (Å²) in [5.74, 6) is -0.534. The Morgan fingerprint density at radius 3 is 2.69 bits per heavy atom. The van der Waals surface area contributed by atoms with Crippen LogP contribution in [0.4, 0.5) is 21.8 Å². The van der Waals surface area contributed by atoms with Crippen LogP contribution in [0.5, 0.6) is 5.88 Å². The van der Waals surface area contributed by atoms with Gasteiger partial charge in [0.05, 0.1) is 35.6 Å². The molecule has 3 heterocycles. The van der Waals surface area contributed by atoms with Crippen molar-refractivity contribution < 1.29 is 13.9 Å². The normalized spacial score (nSPS) is 11.6. The molecule has 1 amide bonds. The molecule has 150 valence electrons. The Morgan fingerprint density at radius 1 is 1.24 bits per heavy atom. The number of nitrogens with zero attached hydrogens (tertiary/aromatic N) is 4. The average Bonchev–Trinajstić information content (AvgIpc) is 2.68. The molecule has 9 nitrogen and oxygen atoms in total. The predicted molar refractivity (Wildman–Crippen MR) is 106 cm³/mol. The third-order valence-electron chi connectivity index (χ3n) is 3.86. The molecule has 4 N–H and O–H groups in total. The first kappa shape index (κ1) is 20.2. The van der Waals surface area contributed by atoms with Crippen molar-refractivity contribution in [2.75, 3.05) is 17.7 Å². The smallest absolute Gasteiger partial charge is 0.254 e. The average molecular weight is 418 g/mol. The number of carbonyl (C=O) groups excluding carboxylic acids is 1. The topological polar surface area (TPSA) is 128 Å². The van der Waals surface area contributed by atoms with Gasteiger partial charge in [-0.1, -0.05) is 11.6 Å². The number of primary amides is 1. The maximum absolute atomic E-state index is 13.1. The number of amides is 1. The van der Waals surface area contributed by atoms with E-state index >= 15 is 0 Å². The highest BCUT2D eigenvalue weighted by molar-refractivity contribution is 6.30. The van der Waals surface area contributed by atoms with Gasteiger partial charge in [0.2, 0.25) is 11.8 Å². The lowest BCUT2D eigenvalue weighted by Gasteiger charge is -2.17. The molecule has 0 fully saturated rings. The summed E-state index contributed by atoms with van der Waals surface area (Å²) in [5, 5.41) is 6.37. The highest BCUT2D eigenvalue weighted by atomic mass is 35.5. The molecule has 0 aliphatic carbocycles. The summed E-state index contributed by atoms with van der Waals surface area (Å²) in [6.45, 7) is 1.78. The maximum Gasteiger partial charge on any atom is 0.254 e. The van der Waals surface area contributed by atoms with Crippen molar-refractivity contribution in [2.45, 2.75) is 13.0 Å². The lowest BCUT2D eigenvalue weighted by atomic mass is 10.2. The number of halogens is 2. The third-order valence-corrected chi connectivity index (χ3v) is 4.07. The first-order valence-electron chi connectivity index (χ1n) is 8.38. The summed E-state index contributed by atoms with van der Waals surface area (Å²) in [5.41, 5.74) is 6.50. The predicted octanol–water partition coefficient (Wildman–Crippen LogP) is 3.08. The minimum atomic E-state index is -0.708. The highest BCUT2D eigenvalue weighted by Gasteiger charge is 2.17. The standard InChI is InChI=1S/C18H17ClFN7O2/c1-9(13-4-3-11(20)7-22-13)25-16-12(15(21)28)8-24-18(27-16)26-14-5-10(19)6-23-17(14)29-2/h3-9H,1-2H3,(H2,21,28)(H2,24,25,26,27)/t9-/m0/s1. The zero-order valence-electron chi connectivity index (χ0n) is 15.5. The summed E-state index contributed by atoms with van der Waals surface area (Å²) < 4.78 is 18.3. The molecule has 0 unspecified atom stereocenters. The van der Waals surface area contributed by atoms with E-state index in [0.717, 1.165) is 6.20 Å². The van der Waals surface area contributed by atoms with E-state index in [0.29, 0.717) is 16.4 Å². The van der Waals surface area contributed by atoms with E-state index in [-0.39, 0.29) is 29.3 Å². The number of methoxy groups -OCH3 is 1. The molecule has 0 aliphatic rings. The molecule has 1 atom stereocenters. The number of hydrogen-bond donors (Lipinski definition) is 3. The van der Waals surface area contributed by atoms with Crippen LogP contribution in [0, 0.1) is 5.82 Å². The second kappa shape index (κ2) is 8.65. The summed E-state index contributed by atoms with van der Waals surface area (Å²) in [6, 6.07) is 4.02. The first-order chi connectivity index (χ1) is 13.9. The lowest BCUT2D eigenvalue weighted by Crippen LogP contribution is -2.19. The Bertz CT molecular complexity index is 1030. The van der Waals surface area contributed by atoms with Crippen LogP contribution in [0.2, 0.25) is 5.02 Å². The number of anilines is 3. The minimum absolute atomic E-state index is 0.0840. The van der Waals surface area contributed by atoms with E-state index in [9.17, 15) is 9.18 Å². The van der Waals surface area contributed by atoms with Gasteiger partial charge in [0.25, 0.3) is 5.91 Å². The van der Waals surface area contributed by atoms with Crippen LogP contribution in [-0.4, -0.2) is 33.0 Å². The number of pyridine rings is 2. The van der Waals surface area contributed by atoms with Crippen molar-refractivity contribution >= 4 is 35.0 Å². The second-order valence-corrected chi connectivity index (χ2v) is 6.36. The number of hydrogen-bond acceptors (Lipinski definition) is 8.